The van der Waals surface area contributed by atoms with Crippen molar-refractivity contribution in [3.63, 3.8) is 0 Å². The van der Waals surface area contributed by atoms with Crippen LogP contribution < -0.4 is 5.56 Å². The van der Waals surface area contributed by atoms with Gasteiger partial charge >= 0.3 is 0 Å². The third-order valence-corrected chi connectivity index (χ3v) is 5.61. The third kappa shape index (κ3) is 3.50. The van der Waals surface area contributed by atoms with E-state index in [9.17, 15) is 9.59 Å². The van der Waals surface area contributed by atoms with Gasteiger partial charge in [-0.3, -0.25) is 9.59 Å². The highest BCUT2D eigenvalue weighted by Gasteiger charge is 2.30. The van der Waals surface area contributed by atoms with Gasteiger partial charge in [0.15, 0.2) is 11.5 Å². The number of carbonyl (C=O) groups excluding carboxylic acids is 1. The maximum Gasteiger partial charge on any atom is 0.279 e. The normalized spacial score (nSPS) is 16.5. The van der Waals surface area contributed by atoms with E-state index in [0.29, 0.717) is 41.3 Å². The highest BCUT2D eigenvalue weighted by atomic mass is 16.5. The summed E-state index contributed by atoms with van der Waals surface area (Å²) < 4.78 is 6.64. The minimum absolute atomic E-state index is 0.00908. The van der Waals surface area contributed by atoms with E-state index in [1.54, 1.807) is 42.2 Å². The summed E-state index contributed by atoms with van der Waals surface area (Å²) in [6.45, 7) is 2.87. The molecule has 31 heavy (non-hydrogen) atoms. The number of benzene rings is 2. The van der Waals surface area contributed by atoms with Crippen LogP contribution in [0.3, 0.4) is 0 Å². The van der Waals surface area contributed by atoms with E-state index in [1.807, 2.05) is 24.3 Å². The van der Waals surface area contributed by atoms with Crippen LogP contribution in [0.2, 0.25) is 0 Å². The number of rotatable bonds is 3. The first-order valence-electron chi connectivity index (χ1n) is 10.3. The molecule has 0 radical (unpaired) electrons. The van der Waals surface area contributed by atoms with Crippen LogP contribution in [0.5, 0.6) is 0 Å². The van der Waals surface area contributed by atoms with Crippen molar-refractivity contribution in [3.8, 4) is 5.69 Å². The fourth-order valence-corrected chi connectivity index (χ4v) is 4.08. The van der Waals surface area contributed by atoms with Gasteiger partial charge in [-0.25, -0.2) is 0 Å². The third-order valence-electron chi connectivity index (χ3n) is 5.61. The lowest BCUT2D eigenvalue weighted by molar-refractivity contribution is 0.0690. The summed E-state index contributed by atoms with van der Waals surface area (Å²) in [5, 5.41) is 9.40. The highest BCUT2D eigenvalue weighted by molar-refractivity contribution is 6.04. The molecule has 0 aliphatic carbocycles. The molecule has 5 rings (SSSR count). The molecule has 2 aromatic carbocycles. The van der Waals surface area contributed by atoms with E-state index in [0.717, 1.165) is 12.8 Å². The van der Waals surface area contributed by atoms with Gasteiger partial charge in [0, 0.05) is 18.5 Å². The maximum absolute atomic E-state index is 13.6. The van der Waals surface area contributed by atoms with E-state index in [1.165, 1.54) is 4.68 Å². The van der Waals surface area contributed by atoms with E-state index in [4.69, 9.17) is 4.52 Å². The fraction of sp³-hybridized carbons (Fsp3) is 0.261. The van der Waals surface area contributed by atoms with Crippen LogP contribution in [-0.2, 0) is 0 Å². The van der Waals surface area contributed by atoms with Gasteiger partial charge in [0.1, 0.15) is 0 Å². The molecule has 1 atom stereocenters. The van der Waals surface area contributed by atoms with Crippen LogP contribution in [0.4, 0.5) is 0 Å². The zero-order chi connectivity index (χ0) is 21.4. The number of aryl methyl sites for hydroxylation is 1. The zero-order valence-corrected chi connectivity index (χ0v) is 17.1. The molecule has 1 saturated heterocycles. The summed E-state index contributed by atoms with van der Waals surface area (Å²) in [5.41, 5.74) is 0.628. The summed E-state index contributed by atoms with van der Waals surface area (Å²) in [6.07, 6.45) is 1.71. The van der Waals surface area contributed by atoms with Gasteiger partial charge in [-0.15, -0.1) is 0 Å². The summed E-state index contributed by atoms with van der Waals surface area (Å²) >= 11 is 0. The molecular weight excluding hydrogens is 394 g/mol. The largest absolute Gasteiger partial charge is 0.339 e. The minimum atomic E-state index is -0.254. The van der Waals surface area contributed by atoms with Gasteiger partial charge in [0.05, 0.1) is 17.0 Å². The van der Waals surface area contributed by atoms with Gasteiger partial charge < -0.3 is 9.42 Å². The van der Waals surface area contributed by atoms with Crippen LogP contribution in [0.25, 0.3) is 16.5 Å². The van der Waals surface area contributed by atoms with Crippen molar-refractivity contribution < 1.29 is 9.32 Å². The number of para-hydroxylation sites is 1. The average molecular weight is 415 g/mol. The summed E-state index contributed by atoms with van der Waals surface area (Å²) in [5.74, 6) is 0.926. The molecule has 1 amide bonds. The lowest BCUT2D eigenvalue weighted by atomic mass is 9.97. The molecule has 3 heterocycles. The van der Waals surface area contributed by atoms with Crippen molar-refractivity contribution in [1.82, 2.24) is 24.8 Å². The van der Waals surface area contributed by atoms with E-state index in [2.05, 4.69) is 15.2 Å². The number of likely N-dealkylation sites (tertiary alicyclic amines) is 1. The van der Waals surface area contributed by atoms with Crippen LogP contribution in [-0.4, -0.2) is 43.8 Å². The molecule has 0 unspecified atom stereocenters. The second kappa shape index (κ2) is 7.79. The zero-order valence-electron chi connectivity index (χ0n) is 17.1. The molecule has 0 bridgehead atoms. The smallest absolute Gasteiger partial charge is 0.279 e. The van der Waals surface area contributed by atoms with Crippen LogP contribution >= 0.6 is 0 Å². The fourth-order valence-electron chi connectivity index (χ4n) is 4.08. The molecule has 8 nitrogen and oxygen atoms in total. The van der Waals surface area contributed by atoms with Crippen molar-refractivity contribution in [3.05, 3.63) is 82.4 Å². The van der Waals surface area contributed by atoms with Crippen molar-refractivity contribution in [2.24, 2.45) is 0 Å². The number of piperidine rings is 1. The number of carbonyl (C=O) groups is 1. The quantitative estimate of drug-likeness (QED) is 0.510. The first kappa shape index (κ1) is 19.2. The molecule has 0 spiro atoms. The highest BCUT2D eigenvalue weighted by Crippen LogP contribution is 2.27. The monoisotopic (exact) mass is 415 g/mol. The van der Waals surface area contributed by atoms with Gasteiger partial charge in [-0.05, 0) is 38.0 Å². The van der Waals surface area contributed by atoms with Gasteiger partial charge in [0.25, 0.3) is 11.5 Å². The Labute approximate surface area is 178 Å². The molecular formula is C23H21N5O3. The van der Waals surface area contributed by atoms with Crippen LogP contribution in [0.1, 0.15) is 41.0 Å². The Morgan fingerprint density at radius 2 is 1.81 bits per heavy atom. The van der Waals surface area contributed by atoms with Crippen molar-refractivity contribution in [2.75, 3.05) is 13.1 Å². The predicted molar refractivity (Wildman–Crippen MR) is 114 cm³/mol. The van der Waals surface area contributed by atoms with Crippen molar-refractivity contribution >= 4 is 16.7 Å². The van der Waals surface area contributed by atoms with E-state index < -0.39 is 0 Å². The average Bonchev–Trinajstić information content (AvgIpc) is 3.26. The van der Waals surface area contributed by atoms with Gasteiger partial charge in [-0.2, -0.15) is 14.8 Å². The Morgan fingerprint density at radius 3 is 2.55 bits per heavy atom. The Bertz CT molecular complexity index is 1310. The van der Waals surface area contributed by atoms with Crippen LogP contribution in [0.15, 0.2) is 63.9 Å². The van der Waals surface area contributed by atoms with Crippen molar-refractivity contribution in [2.45, 2.75) is 25.7 Å². The Hall–Kier alpha value is -3.81. The first-order valence-corrected chi connectivity index (χ1v) is 10.3. The number of nitrogens with zero attached hydrogens (tertiary/aromatic N) is 5. The number of fused-ring (bicyclic) bond motifs is 1. The molecule has 1 aliphatic heterocycles. The molecule has 8 heteroatoms. The number of amides is 1. The SMILES string of the molecule is Cc1noc([C@H]2CCCN(C(=O)c3nn(-c4ccccc4)c(=O)c4ccccc34)C2)n1. The second-order valence-corrected chi connectivity index (χ2v) is 7.72. The van der Waals surface area contributed by atoms with Crippen molar-refractivity contribution in [1.29, 1.82) is 0 Å². The van der Waals surface area contributed by atoms with Gasteiger partial charge in [0.2, 0.25) is 5.89 Å². The maximum atomic E-state index is 13.6. The molecule has 1 fully saturated rings. The molecule has 0 saturated carbocycles. The number of hydrogen-bond donors (Lipinski definition) is 0. The lowest BCUT2D eigenvalue weighted by Crippen LogP contribution is -2.40. The molecule has 1 aliphatic rings. The van der Waals surface area contributed by atoms with Gasteiger partial charge in [-0.1, -0.05) is 41.6 Å². The predicted octanol–water partition coefficient (Wildman–Crippen LogP) is 3.10. The number of hydrogen-bond acceptors (Lipinski definition) is 6. The topological polar surface area (TPSA) is 94.1 Å². The first-order chi connectivity index (χ1) is 15.1. The summed E-state index contributed by atoms with van der Waals surface area (Å²) in [6, 6.07) is 16.2. The molecule has 2 aromatic heterocycles. The summed E-state index contributed by atoms with van der Waals surface area (Å²) in [7, 11) is 0. The van der Waals surface area contributed by atoms with E-state index in [-0.39, 0.29) is 23.1 Å². The Balaban J connectivity index is 1.57. The molecule has 4 aromatic rings. The Morgan fingerprint density at radius 1 is 1.06 bits per heavy atom. The minimum Gasteiger partial charge on any atom is -0.339 e. The molecule has 0 N–H and O–H groups in total. The number of aromatic nitrogens is 4. The Kier molecular flexibility index (Phi) is 4.82. The molecule has 156 valence electrons. The van der Waals surface area contributed by atoms with E-state index >= 15 is 0 Å². The van der Waals surface area contributed by atoms with Crippen LogP contribution in [0, 0.1) is 6.92 Å². The summed E-state index contributed by atoms with van der Waals surface area (Å²) in [4.78, 5) is 32.7. The standard InChI is InChI=1S/C23H21N5O3/c1-15-24-21(31-26-15)16-8-7-13-27(14-16)23(30)20-18-11-5-6-12-19(18)22(29)28(25-20)17-9-3-2-4-10-17/h2-6,9-12,16H,7-8,13-14H2,1H3/t16-/m0/s1. The lowest BCUT2D eigenvalue weighted by Gasteiger charge is -2.31. The second-order valence-electron chi connectivity index (χ2n) is 7.72.